The standard InChI is InChI=1S/C15H19ClN2O6S3/c1-9-2-3-10(16)4-15(9)27(23,24)18-13-7-25(19,20)5-11(13)17-12-6-26(21,22)8-14(12)18/h2-4,11-14,17H,5-8H2,1H3/t11-,12+,13-,14-/m1/s1. The molecule has 3 saturated heterocycles. The lowest BCUT2D eigenvalue weighted by Gasteiger charge is -2.44. The Labute approximate surface area is 163 Å². The minimum absolute atomic E-state index is 0.0250. The van der Waals surface area contributed by atoms with Crippen LogP contribution in [-0.2, 0) is 29.7 Å². The monoisotopic (exact) mass is 454 g/mol. The lowest BCUT2D eigenvalue weighted by atomic mass is 10.0. The van der Waals surface area contributed by atoms with Crippen molar-refractivity contribution in [2.75, 3.05) is 23.0 Å². The highest BCUT2D eigenvalue weighted by Crippen LogP contribution is 2.37. The van der Waals surface area contributed by atoms with Crippen LogP contribution in [0.3, 0.4) is 0 Å². The molecule has 8 nitrogen and oxygen atoms in total. The summed E-state index contributed by atoms with van der Waals surface area (Å²) in [4.78, 5) is -0.0250. The summed E-state index contributed by atoms with van der Waals surface area (Å²) in [6, 6.07) is 1.53. The predicted octanol–water partition coefficient (Wildman–Crippen LogP) is -0.426. The number of aryl methyl sites for hydroxylation is 1. The number of halogens is 1. The molecule has 1 N–H and O–H groups in total. The number of hydrogen-bond acceptors (Lipinski definition) is 7. The van der Waals surface area contributed by atoms with Gasteiger partial charge in [0.2, 0.25) is 10.0 Å². The third kappa shape index (κ3) is 3.32. The molecule has 0 bridgehead atoms. The van der Waals surface area contributed by atoms with Crippen molar-refractivity contribution < 1.29 is 25.3 Å². The summed E-state index contributed by atoms with van der Waals surface area (Å²) < 4.78 is 76.9. The average molecular weight is 455 g/mol. The number of nitrogens with zero attached hydrogens (tertiary/aromatic N) is 1. The first-order valence-corrected chi connectivity index (χ1v) is 13.8. The van der Waals surface area contributed by atoms with E-state index in [4.69, 9.17) is 11.6 Å². The van der Waals surface area contributed by atoms with Crippen molar-refractivity contribution >= 4 is 41.3 Å². The largest absolute Gasteiger partial charge is 0.306 e. The maximum Gasteiger partial charge on any atom is 0.244 e. The number of nitrogens with one attached hydrogen (secondary N) is 1. The van der Waals surface area contributed by atoms with Gasteiger partial charge in [-0.15, -0.1) is 0 Å². The Balaban J connectivity index is 1.87. The maximum atomic E-state index is 13.5. The van der Waals surface area contributed by atoms with Gasteiger partial charge in [-0.1, -0.05) is 17.7 Å². The summed E-state index contributed by atoms with van der Waals surface area (Å²) in [5, 5.41) is 3.31. The molecule has 4 atom stereocenters. The van der Waals surface area contributed by atoms with Crippen LogP contribution < -0.4 is 5.32 Å². The van der Waals surface area contributed by atoms with Crippen molar-refractivity contribution in [1.29, 1.82) is 0 Å². The van der Waals surface area contributed by atoms with Gasteiger partial charge in [0, 0.05) is 17.1 Å². The fourth-order valence-corrected chi connectivity index (χ4v) is 10.7. The average Bonchev–Trinajstić information content (AvgIpc) is 2.98. The highest BCUT2D eigenvalue weighted by Gasteiger charge is 2.57. The summed E-state index contributed by atoms with van der Waals surface area (Å²) in [5.41, 5.74) is 0.466. The molecule has 27 heavy (non-hydrogen) atoms. The van der Waals surface area contributed by atoms with E-state index < -0.39 is 53.9 Å². The molecule has 4 rings (SSSR count). The normalized spacial score (nSPS) is 34.9. The molecular formula is C15H19ClN2O6S3. The summed E-state index contributed by atoms with van der Waals surface area (Å²) in [5.74, 6) is -1.07. The molecule has 1 aromatic rings. The predicted molar refractivity (Wildman–Crippen MR) is 101 cm³/mol. The van der Waals surface area contributed by atoms with E-state index in [0.29, 0.717) is 5.56 Å². The minimum Gasteiger partial charge on any atom is -0.306 e. The first-order valence-electron chi connectivity index (χ1n) is 8.36. The molecular weight excluding hydrogens is 436 g/mol. The van der Waals surface area contributed by atoms with Gasteiger partial charge in [0.1, 0.15) is 0 Å². The molecule has 12 heteroatoms. The number of rotatable bonds is 2. The molecule has 0 amide bonds. The van der Waals surface area contributed by atoms with E-state index in [1.807, 2.05) is 0 Å². The lowest BCUT2D eigenvalue weighted by Crippen LogP contribution is -2.67. The van der Waals surface area contributed by atoms with Crippen LogP contribution in [0, 0.1) is 6.92 Å². The Bertz CT molecular complexity index is 1070. The third-order valence-corrected chi connectivity index (χ3v) is 11.2. The second kappa shape index (κ2) is 6.14. The molecule has 0 aromatic heterocycles. The van der Waals surface area contributed by atoms with Crippen LogP contribution in [-0.4, -0.2) is 76.7 Å². The number of fused-ring (bicyclic) bond motifs is 2. The van der Waals surface area contributed by atoms with E-state index in [1.54, 1.807) is 19.1 Å². The highest BCUT2D eigenvalue weighted by atomic mass is 35.5. The summed E-state index contributed by atoms with van der Waals surface area (Å²) in [6.07, 6.45) is 0. The molecule has 0 aliphatic carbocycles. The molecule has 3 fully saturated rings. The van der Waals surface area contributed by atoms with Gasteiger partial charge < -0.3 is 5.32 Å². The minimum atomic E-state index is -4.14. The van der Waals surface area contributed by atoms with Crippen LogP contribution in [0.5, 0.6) is 0 Å². The lowest BCUT2D eigenvalue weighted by molar-refractivity contribution is 0.160. The van der Waals surface area contributed by atoms with Gasteiger partial charge in [-0.2, -0.15) is 4.31 Å². The van der Waals surface area contributed by atoms with Crippen LogP contribution in [0.15, 0.2) is 23.1 Å². The molecule has 0 saturated carbocycles. The van der Waals surface area contributed by atoms with Gasteiger partial charge in [-0.25, -0.2) is 25.3 Å². The van der Waals surface area contributed by atoms with Crippen LogP contribution in [0.1, 0.15) is 5.56 Å². The molecule has 0 radical (unpaired) electrons. The van der Waals surface area contributed by atoms with E-state index in [1.165, 1.54) is 6.07 Å². The van der Waals surface area contributed by atoms with Gasteiger partial charge >= 0.3 is 0 Å². The van der Waals surface area contributed by atoms with Crippen molar-refractivity contribution in [2.45, 2.75) is 36.0 Å². The maximum absolute atomic E-state index is 13.5. The number of piperazine rings is 1. The quantitative estimate of drug-likeness (QED) is 0.644. The Morgan fingerprint density at radius 2 is 1.52 bits per heavy atom. The molecule has 3 heterocycles. The van der Waals surface area contributed by atoms with Gasteiger partial charge in [-0.05, 0) is 24.6 Å². The zero-order chi connectivity index (χ0) is 19.8. The smallest absolute Gasteiger partial charge is 0.244 e. The summed E-state index contributed by atoms with van der Waals surface area (Å²) >= 11 is 5.99. The van der Waals surface area contributed by atoms with E-state index in [2.05, 4.69) is 5.32 Å². The van der Waals surface area contributed by atoms with E-state index in [9.17, 15) is 25.3 Å². The van der Waals surface area contributed by atoms with E-state index >= 15 is 0 Å². The fourth-order valence-electron chi connectivity index (χ4n) is 4.32. The Morgan fingerprint density at radius 3 is 2.04 bits per heavy atom. The molecule has 1 aromatic carbocycles. The van der Waals surface area contributed by atoms with Gasteiger partial charge in [0.15, 0.2) is 19.7 Å². The second-order valence-electron chi connectivity index (χ2n) is 7.41. The van der Waals surface area contributed by atoms with Crippen LogP contribution >= 0.6 is 11.6 Å². The second-order valence-corrected chi connectivity index (χ2v) is 14.0. The first-order chi connectivity index (χ1) is 12.4. The topological polar surface area (TPSA) is 118 Å². The number of sulfonamides is 1. The highest BCUT2D eigenvalue weighted by molar-refractivity contribution is 7.92. The zero-order valence-corrected chi connectivity index (χ0v) is 17.6. The van der Waals surface area contributed by atoms with Gasteiger partial charge in [0.05, 0.1) is 40.0 Å². The SMILES string of the molecule is Cc1ccc(Cl)cc1S(=O)(=O)N1[C@@H]2CS(=O)(=O)C[C@@H]2N[C@@H]2CS(=O)(=O)C[C@H]21. The van der Waals surface area contributed by atoms with Crippen molar-refractivity contribution in [2.24, 2.45) is 0 Å². The molecule has 150 valence electrons. The van der Waals surface area contributed by atoms with Gasteiger partial charge in [-0.3, -0.25) is 0 Å². The molecule has 0 unspecified atom stereocenters. The van der Waals surface area contributed by atoms with Crippen LogP contribution in [0.25, 0.3) is 0 Å². The van der Waals surface area contributed by atoms with E-state index in [-0.39, 0.29) is 32.9 Å². The third-order valence-electron chi connectivity index (χ3n) is 5.43. The molecule has 3 aliphatic rings. The van der Waals surface area contributed by atoms with Gasteiger partial charge in [0.25, 0.3) is 0 Å². The number of hydrogen-bond donors (Lipinski definition) is 1. The first kappa shape index (κ1) is 19.6. The molecule has 0 spiro atoms. The van der Waals surface area contributed by atoms with E-state index in [0.717, 1.165) is 4.31 Å². The van der Waals surface area contributed by atoms with Crippen molar-refractivity contribution in [3.63, 3.8) is 0 Å². The van der Waals surface area contributed by atoms with Crippen molar-refractivity contribution in [3.05, 3.63) is 28.8 Å². The van der Waals surface area contributed by atoms with Crippen molar-refractivity contribution in [1.82, 2.24) is 9.62 Å². The number of sulfone groups is 2. The van der Waals surface area contributed by atoms with Crippen LogP contribution in [0.4, 0.5) is 0 Å². The Morgan fingerprint density at radius 1 is 1.00 bits per heavy atom. The fraction of sp³-hybridized carbons (Fsp3) is 0.600. The number of benzene rings is 1. The zero-order valence-electron chi connectivity index (χ0n) is 14.4. The Hall–Kier alpha value is -0.720. The van der Waals surface area contributed by atoms with Crippen molar-refractivity contribution in [3.8, 4) is 0 Å². The van der Waals surface area contributed by atoms with Crippen LogP contribution in [0.2, 0.25) is 5.02 Å². The summed E-state index contributed by atoms with van der Waals surface area (Å²) in [7, 11) is -11.0. The Kier molecular flexibility index (Phi) is 4.45. The molecule has 3 aliphatic heterocycles. The summed E-state index contributed by atoms with van der Waals surface area (Å²) in [6.45, 7) is 1.62.